The molecule has 0 aliphatic carbocycles. The van der Waals surface area contributed by atoms with Gasteiger partial charge in [-0.2, -0.15) is 0 Å². The first-order valence-electron chi connectivity index (χ1n) is 9.51. The Kier molecular flexibility index (Phi) is 16.9. The fourth-order valence-corrected chi connectivity index (χ4v) is 14.1. The minimum atomic E-state index is -1.86. The summed E-state index contributed by atoms with van der Waals surface area (Å²) in [5, 5.41) is 0. The number of rotatable bonds is 15. The van der Waals surface area contributed by atoms with E-state index in [1.54, 1.807) is 0 Å². The average Bonchev–Trinajstić information content (AvgIpc) is 2.53. The van der Waals surface area contributed by atoms with E-state index in [4.69, 9.17) is 4.74 Å². The van der Waals surface area contributed by atoms with Gasteiger partial charge < -0.3 is 0 Å². The second-order valence-corrected chi connectivity index (χ2v) is 18.1. The van der Waals surface area contributed by atoms with Crippen molar-refractivity contribution in [3.63, 3.8) is 0 Å². The van der Waals surface area contributed by atoms with Gasteiger partial charge in [-0.1, -0.05) is 0 Å². The van der Waals surface area contributed by atoms with Gasteiger partial charge in [0.05, 0.1) is 0 Å². The van der Waals surface area contributed by atoms with Crippen molar-refractivity contribution in [2.45, 2.75) is 97.1 Å². The molecule has 0 fully saturated rings. The van der Waals surface area contributed by atoms with E-state index < -0.39 is 19.8 Å². The van der Waals surface area contributed by atoms with Crippen LogP contribution in [0.2, 0.25) is 8.87 Å². The van der Waals surface area contributed by atoms with Gasteiger partial charge in [-0.25, -0.2) is 0 Å². The number of carbonyl (C=O) groups excluding carboxylic acids is 1. The Bertz CT molecular complexity index is 253. The Morgan fingerprint density at radius 3 is 1.91 bits per heavy atom. The van der Waals surface area contributed by atoms with Crippen molar-refractivity contribution in [2.75, 3.05) is 6.61 Å². The van der Waals surface area contributed by atoms with Crippen LogP contribution in [0.15, 0.2) is 0 Å². The van der Waals surface area contributed by atoms with Crippen LogP contribution in [0.1, 0.15) is 85.0 Å². The molecule has 0 bridgehead atoms. The number of unbranched alkanes of at least 4 members (excludes halogenated alkanes) is 7. The van der Waals surface area contributed by atoms with Crippen molar-refractivity contribution in [1.29, 1.82) is 0 Å². The first-order chi connectivity index (χ1) is 10.7. The van der Waals surface area contributed by atoms with E-state index in [0.717, 1.165) is 6.42 Å². The molecule has 1 atom stereocenters. The Balaban J connectivity index is 3.92. The quantitative estimate of drug-likeness (QED) is 0.157. The summed E-state index contributed by atoms with van der Waals surface area (Å²) < 4.78 is 8.07. The van der Waals surface area contributed by atoms with Crippen LogP contribution in [0.25, 0.3) is 0 Å². The van der Waals surface area contributed by atoms with Crippen molar-refractivity contribution in [3.05, 3.63) is 0 Å². The molecule has 0 saturated heterocycles. The predicted octanol–water partition coefficient (Wildman–Crippen LogP) is 5.56. The molecule has 0 rings (SSSR count). The second kappa shape index (κ2) is 16.5. The van der Waals surface area contributed by atoms with Crippen LogP contribution in [0, 0.1) is 0 Å². The van der Waals surface area contributed by atoms with E-state index >= 15 is 0 Å². The molecular weight excluding hydrogens is 399 g/mol. The van der Waals surface area contributed by atoms with E-state index in [9.17, 15) is 4.79 Å². The summed E-state index contributed by atoms with van der Waals surface area (Å²) in [7, 11) is 0. The van der Waals surface area contributed by atoms with Crippen LogP contribution >= 0.6 is 12.6 Å². The predicted molar refractivity (Wildman–Crippen MR) is 104 cm³/mol. The first kappa shape index (κ1) is 22.6. The topological polar surface area (TPSA) is 26.3 Å². The standard InChI is InChI=1S/C10H19O2S.2C4H9.Sn.H/c1-2-3-4-5-6-7-8-12-10(11)9-13;2*1-3-4-2;;/h9,13H,2-8H2,1H3;2*1,3-4H2,2H3;;. The molecule has 4 heteroatoms. The van der Waals surface area contributed by atoms with Crippen LogP contribution in [0.5, 0.6) is 0 Å². The Morgan fingerprint density at radius 2 is 1.36 bits per heavy atom. The van der Waals surface area contributed by atoms with Gasteiger partial charge in [0, 0.05) is 0 Å². The number of esters is 1. The Labute approximate surface area is 151 Å². The molecule has 0 aromatic rings. The van der Waals surface area contributed by atoms with Crippen molar-refractivity contribution in [2.24, 2.45) is 0 Å². The molecule has 0 N–H and O–H groups in total. The van der Waals surface area contributed by atoms with Gasteiger partial charge in [0.15, 0.2) is 0 Å². The zero-order chi connectivity index (χ0) is 16.6. The molecule has 0 aromatic carbocycles. The monoisotopic (exact) mass is 438 g/mol. The van der Waals surface area contributed by atoms with Crippen LogP contribution in [-0.4, -0.2) is 35.6 Å². The van der Waals surface area contributed by atoms with Crippen LogP contribution in [0.4, 0.5) is 0 Å². The van der Waals surface area contributed by atoms with Gasteiger partial charge >= 0.3 is 152 Å². The Morgan fingerprint density at radius 1 is 0.864 bits per heavy atom. The minimum absolute atomic E-state index is 0.00935. The maximum absolute atomic E-state index is 12.2. The summed E-state index contributed by atoms with van der Waals surface area (Å²) in [5.74, 6) is -0.00935. The molecule has 0 radical (unpaired) electrons. The number of ether oxygens (including phenoxy) is 1. The van der Waals surface area contributed by atoms with Gasteiger partial charge in [-0.15, -0.1) is 0 Å². The summed E-state index contributed by atoms with van der Waals surface area (Å²) in [6, 6.07) is 0. The van der Waals surface area contributed by atoms with Crippen molar-refractivity contribution >= 4 is 38.4 Å². The first-order valence-corrected chi connectivity index (χ1v) is 16.6. The molecule has 0 aromatic heterocycles. The maximum atomic E-state index is 12.2. The van der Waals surface area contributed by atoms with Gasteiger partial charge in [0.2, 0.25) is 0 Å². The van der Waals surface area contributed by atoms with E-state index in [2.05, 4.69) is 33.4 Å². The van der Waals surface area contributed by atoms with E-state index in [1.807, 2.05) is 0 Å². The summed E-state index contributed by atoms with van der Waals surface area (Å²) in [5.41, 5.74) is 0. The fourth-order valence-electron chi connectivity index (χ4n) is 2.73. The van der Waals surface area contributed by atoms with Crippen molar-refractivity contribution in [1.82, 2.24) is 0 Å². The van der Waals surface area contributed by atoms with Crippen LogP contribution < -0.4 is 0 Å². The SMILES string of the molecule is CCCCCCCCOC(=O)[CH](S)[SnH]([CH2]CCC)[CH2]CCC. The molecule has 0 amide bonds. The summed E-state index contributed by atoms with van der Waals surface area (Å²) in [6.07, 6.45) is 12.4. The summed E-state index contributed by atoms with van der Waals surface area (Å²) in [4.78, 5) is 12.2. The molecule has 0 heterocycles. The fraction of sp³-hybridized carbons (Fsp3) is 0.944. The third-order valence-electron chi connectivity index (χ3n) is 4.29. The van der Waals surface area contributed by atoms with Gasteiger partial charge in [0.25, 0.3) is 0 Å². The molecule has 0 aliphatic rings. The van der Waals surface area contributed by atoms with Gasteiger partial charge in [-0.05, 0) is 0 Å². The number of carbonyl (C=O) groups is 1. The normalized spacial score (nSPS) is 12.6. The van der Waals surface area contributed by atoms with Crippen LogP contribution in [0.3, 0.4) is 0 Å². The molecule has 0 saturated carbocycles. The van der Waals surface area contributed by atoms with Crippen molar-refractivity contribution < 1.29 is 9.53 Å². The van der Waals surface area contributed by atoms with E-state index in [-0.39, 0.29) is 9.24 Å². The van der Waals surface area contributed by atoms with Crippen molar-refractivity contribution in [3.8, 4) is 0 Å². The molecule has 2 nitrogen and oxygen atoms in total. The average molecular weight is 437 g/mol. The number of hydrogen-bond donors (Lipinski definition) is 1. The molecule has 132 valence electrons. The van der Waals surface area contributed by atoms with E-state index in [0.29, 0.717) is 6.61 Å². The van der Waals surface area contributed by atoms with E-state index in [1.165, 1.54) is 66.7 Å². The third kappa shape index (κ3) is 12.1. The molecular formula is C18H38O2SSn. The molecule has 1 unspecified atom stereocenters. The van der Waals surface area contributed by atoms with Gasteiger partial charge in [-0.3, -0.25) is 0 Å². The van der Waals surface area contributed by atoms with Crippen LogP contribution in [-0.2, 0) is 9.53 Å². The second-order valence-electron chi connectivity index (χ2n) is 6.42. The third-order valence-corrected chi connectivity index (χ3v) is 17.2. The molecule has 0 spiro atoms. The zero-order valence-corrected chi connectivity index (χ0v) is 19.3. The number of hydrogen-bond acceptors (Lipinski definition) is 3. The summed E-state index contributed by atoms with van der Waals surface area (Å²) >= 11 is 2.79. The molecule has 0 aliphatic heterocycles. The summed E-state index contributed by atoms with van der Waals surface area (Å²) in [6.45, 7) is 7.29. The zero-order valence-electron chi connectivity index (χ0n) is 15.1. The molecule has 22 heavy (non-hydrogen) atoms. The van der Waals surface area contributed by atoms with Gasteiger partial charge in [0.1, 0.15) is 0 Å². The Hall–Kier alpha value is 0.619. The number of thiol groups is 1.